The van der Waals surface area contributed by atoms with Crippen LogP contribution in [-0.2, 0) is 14.8 Å². The van der Waals surface area contributed by atoms with E-state index in [1.54, 1.807) is 0 Å². The summed E-state index contributed by atoms with van der Waals surface area (Å²) >= 11 is 0. The molecule has 6 heteroatoms. The SMILES string of the molecule is CN(C)S(=O)(=O)CC(=O)NCC1CCC(c2ccccc2)CC1. The molecule has 2 rings (SSSR count). The predicted octanol–water partition coefficient (Wildman–Crippen LogP) is 1.97. The first-order chi connectivity index (χ1) is 10.9. The Morgan fingerprint density at radius 2 is 1.74 bits per heavy atom. The summed E-state index contributed by atoms with van der Waals surface area (Å²) in [4.78, 5) is 11.8. The molecular weight excluding hydrogens is 312 g/mol. The standard InChI is InChI=1S/C17H26N2O3S/c1-19(2)23(21,22)13-17(20)18-12-14-8-10-16(11-9-14)15-6-4-3-5-7-15/h3-7,14,16H,8-13H2,1-2H3,(H,18,20). The zero-order chi connectivity index (χ0) is 16.9. The van der Waals surface area contributed by atoms with E-state index in [1.165, 1.54) is 19.7 Å². The summed E-state index contributed by atoms with van der Waals surface area (Å²) in [7, 11) is -0.598. The van der Waals surface area contributed by atoms with Crippen molar-refractivity contribution in [3.8, 4) is 0 Å². The normalized spacial score (nSPS) is 22.0. The van der Waals surface area contributed by atoms with Gasteiger partial charge in [0.1, 0.15) is 5.75 Å². The number of nitrogens with one attached hydrogen (secondary N) is 1. The van der Waals surface area contributed by atoms with Crippen LogP contribution in [0.25, 0.3) is 0 Å². The molecule has 5 nitrogen and oxygen atoms in total. The molecule has 1 aromatic rings. The highest BCUT2D eigenvalue weighted by molar-refractivity contribution is 7.89. The van der Waals surface area contributed by atoms with Gasteiger partial charge in [0.25, 0.3) is 0 Å². The molecule has 1 amide bonds. The molecule has 1 aromatic carbocycles. The number of nitrogens with zero attached hydrogens (tertiary/aromatic N) is 1. The van der Waals surface area contributed by atoms with Gasteiger partial charge < -0.3 is 5.32 Å². The van der Waals surface area contributed by atoms with Crippen LogP contribution in [0.2, 0.25) is 0 Å². The fourth-order valence-corrected chi connectivity index (χ4v) is 3.72. The number of amides is 1. The molecule has 23 heavy (non-hydrogen) atoms. The van der Waals surface area contributed by atoms with Crippen LogP contribution in [0.15, 0.2) is 30.3 Å². The Labute approximate surface area is 139 Å². The number of hydrogen-bond acceptors (Lipinski definition) is 3. The topological polar surface area (TPSA) is 66.5 Å². The number of benzene rings is 1. The van der Waals surface area contributed by atoms with E-state index in [1.807, 2.05) is 6.07 Å². The number of rotatable bonds is 6. The first kappa shape index (κ1) is 17.9. The van der Waals surface area contributed by atoms with Crippen molar-refractivity contribution in [1.29, 1.82) is 0 Å². The van der Waals surface area contributed by atoms with Crippen LogP contribution in [0.3, 0.4) is 0 Å². The third kappa shape index (κ3) is 5.32. The molecule has 1 N–H and O–H groups in total. The summed E-state index contributed by atoms with van der Waals surface area (Å²) in [5.74, 6) is 0.168. The van der Waals surface area contributed by atoms with Crippen LogP contribution in [0.1, 0.15) is 37.2 Å². The van der Waals surface area contributed by atoms with E-state index in [9.17, 15) is 13.2 Å². The van der Waals surface area contributed by atoms with Gasteiger partial charge in [0.15, 0.2) is 0 Å². The number of hydrogen-bond donors (Lipinski definition) is 1. The minimum atomic E-state index is -3.47. The summed E-state index contributed by atoms with van der Waals surface area (Å²) in [5, 5.41) is 2.77. The lowest BCUT2D eigenvalue weighted by atomic mass is 9.79. The molecule has 1 saturated carbocycles. The second-order valence-corrected chi connectivity index (χ2v) is 8.65. The van der Waals surface area contributed by atoms with Gasteiger partial charge in [-0.05, 0) is 43.1 Å². The summed E-state index contributed by atoms with van der Waals surface area (Å²) in [6.45, 7) is 0.573. The molecule has 0 unspecified atom stereocenters. The average molecular weight is 338 g/mol. The Bertz CT molecular complexity index is 606. The summed E-state index contributed by atoms with van der Waals surface area (Å²) in [5.41, 5.74) is 1.40. The van der Waals surface area contributed by atoms with Crippen LogP contribution in [0, 0.1) is 5.92 Å². The monoisotopic (exact) mass is 338 g/mol. The van der Waals surface area contributed by atoms with Gasteiger partial charge in [-0.1, -0.05) is 30.3 Å². The average Bonchev–Trinajstić information content (AvgIpc) is 2.54. The van der Waals surface area contributed by atoms with E-state index < -0.39 is 21.7 Å². The number of carbonyl (C=O) groups is 1. The summed E-state index contributed by atoms with van der Waals surface area (Å²) < 4.78 is 24.4. The first-order valence-electron chi connectivity index (χ1n) is 8.10. The zero-order valence-corrected chi connectivity index (χ0v) is 14.7. The Hall–Kier alpha value is -1.40. The van der Waals surface area contributed by atoms with Crippen LogP contribution in [-0.4, -0.2) is 45.0 Å². The number of sulfonamides is 1. The first-order valence-corrected chi connectivity index (χ1v) is 9.71. The lowest BCUT2D eigenvalue weighted by Crippen LogP contribution is -2.38. The van der Waals surface area contributed by atoms with E-state index in [4.69, 9.17) is 0 Å². The van der Waals surface area contributed by atoms with Gasteiger partial charge >= 0.3 is 0 Å². The van der Waals surface area contributed by atoms with Gasteiger partial charge in [0.2, 0.25) is 15.9 Å². The van der Waals surface area contributed by atoms with Crippen molar-refractivity contribution >= 4 is 15.9 Å². The number of carbonyl (C=O) groups excluding carboxylic acids is 1. The van der Waals surface area contributed by atoms with Gasteiger partial charge in [0, 0.05) is 20.6 Å². The van der Waals surface area contributed by atoms with E-state index >= 15 is 0 Å². The molecule has 0 bridgehead atoms. The quantitative estimate of drug-likeness (QED) is 0.862. The van der Waals surface area contributed by atoms with Crippen LogP contribution < -0.4 is 5.32 Å². The smallest absolute Gasteiger partial charge is 0.236 e. The van der Waals surface area contributed by atoms with Crippen LogP contribution in [0.5, 0.6) is 0 Å². The Morgan fingerprint density at radius 1 is 1.13 bits per heavy atom. The molecule has 0 saturated heterocycles. The van der Waals surface area contributed by atoms with Crippen molar-refractivity contribution in [2.45, 2.75) is 31.6 Å². The Balaban J connectivity index is 1.74. The molecule has 0 radical (unpaired) electrons. The van der Waals surface area contributed by atoms with E-state index in [0.717, 1.165) is 30.0 Å². The second kappa shape index (κ2) is 7.93. The molecule has 128 valence electrons. The predicted molar refractivity (Wildman–Crippen MR) is 91.6 cm³/mol. The fourth-order valence-electron chi connectivity index (χ4n) is 3.03. The molecule has 0 aromatic heterocycles. The molecule has 1 fully saturated rings. The molecule has 0 heterocycles. The van der Waals surface area contributed by atoms with Crippen molar-refractivity contribution in [3.63, 3.8) is 0 Å². The van der Waals surface area contributed by atoms with Crippen LogP contribution >= 0.6 is 0 Å². The highest BCUT2D eigenvalue weighted by Crippen LogP contribution is 2.35. The molecule has 1 aliphatic rings. The lowest BCUT2D eigenvalue weighted by Gasteiger charge is -2.29. The van der Waals surface area contributed by atoms with Gasteiger partial charge in [0.05, 0.1) is 0 Å². The van der Waals surface area contributed by atoms with Gasteiger partial charge in [-0.2, -0.15) is 0 Å². The van der Waals surface area contributed by atoms with E-state index in [-0.39, 0.29) is 0 Å². The van der Waals surface area contributed by atoms with Gasteiger partial charge in [-0.15, -0.1) is 0 Å². The minimum Gasteiger partial charge on any atom is -0.355 e. The maximum Gasteiger partial charge on any atom is 0.236 e. The van der Waals surface area contributed by atoms with Crippen molar-refractivity contribution in [1.82, 2.24) is 9.62 Å². The van der Waals surface area contributed by atoms with Crippen molar-refractivity contribution in [2.24, 2.45) is 5.92 Å². The Kier molecular flexibility index (Phi) is 6.18. The lowest BCUT2D eigenvalue weighted by molar-refractivity contribution is -0.118. The Morgan fingerprint density at radius 3 is 2.30 bits per heavy atom. The minimum absolute atomic E-state index is 0.413. The molecule has 0 aliphatic heterocycles. The van der Waals surface area contributed by atoms with Crippen molar-refractivity contribution < 1.29 is 13.2 Å². The molecule has 0 atom stereocenters. The zero-order valence-electron chi connectivity index (χ0n) is 13.9. The van der Waals surface area contributed by atoms with E-state index in [2.05, 4.69) is 29.6 Å². The maximum atomic E-state index is 11.8. The third-order valence-electron chi connectivity index (χ3n) is 4.58. The molecule has 0 spiro atoms. The highest BCUT2D eigenvalue weighted by Gasteiger charge is 2.24. The van der Waals surface area contributed by atoms with Crippen molar-refractivity contribution in [2.75, 3.05) is 26.4 Å². The second-order valence-electron chi connectivity index (χ2n) is 6.47. The largest absolute Gasteiger partial charge is 0.355 e. The molecule has 1 aliphatic carbocycles. The van der Waals surface area contributed by atoms with E-state index in [0.29, 0.717) is 18.4 Å². The molecular formula is C17H26N2O3S. The maximum absolute atomic E-state index is 11.8. The van der Waals surface area contributed by atoms with Crippen LogP contribution in [0.4, 0.5) is 0 Å². The van der Waals surface area contributed by atoms with Gasteiger partial charge in [-0.3, -0.25) is 4.79 Å². The highest BCUT2D eigenvalue weighted by atomic mass is 32.2. The summed E-state index contributed by atoms with van der Waals surface area (Å²) in [6.07, 6.45) is 4.39. The van der Waals surface area contributed by atoms with Crippen molar-refractivity contribution in [3.05, 3.63) is 35.9 Å². The summed E-state index contributed by atoms with van der Waals surface area (Å²) in [6, 6.07) is 10.5. The third-order valence-corrected chi connectivity index (χ3v) is 6.32. The van der Waals surface area contributed by atoms with Gasteiger partial charge in [-0.25, -0.2) is 12.7 Å². The fraction of sp³-hybridized carbons (Fsp3) is 0.588.